The molecule has 0 radical (unpaired) electrons. The number of nitrogens with one attached hydrogen (secondary N) is 1. The summed E-state index contributed by atoms with van der Waals surface area (Å²) in [5.41, 5.74) is 48.0. The van der Waals surface area contributed by atoms with Gasteiger partial charge in [-0.1, -0.05) is 89.2 Å². The molecule has 4 aliphatic rings. The van der Waals surface area contributed by atoms with Crippen LogP contribution in [0.2, 0.25) is 0 Å². The van der Waals surface area contributed by atoms with Gasteiger partial charge in [0.1, 0.15) is 30.0 Å². The first-order chi connectivity index (χ1) is 45.9. The highest BCUT2D eigenvalue weighted by atomic mass is 16.1. The molecule has 0 saturated carbocycles. The van der Waals surface area contributed by atoms with Crippen LogP contribution in [0.15, 0.2) is 148 Å². The topological polar surface area (TPSA) is 358 Å². The Morgan fingerprint density at radius 2 is 1.08 bits per heavy atom. The maximum Gasteiger partial charge on any atom is 0.279 e. The lowest BCUT2D eigenvalue weighted by atomic mass is 9.89. The van der Waals surface area contributed by atoms with E-state index >= 15 is 0 Å². The second kappa shape index (κ2) is 28.2. The summed E-state index contributed by atoms with van der Waals surface area (Å²) in [6.45, 7) is 46.7. The van der Waals surface area contributed by atoms with Gasteiger partial charge < -0.3 is 58.2 Å². The SMILES string of the molecule is CC(C)(C)N1C=CC2C(N)=CC=NC21.CC(C)(C)N1C=NC2C(N)=CC=NC21.CC(C)(C)c1ccc2c(N)ccnn12.CC(C)(C)c1cnc2c(N)cccn12.CC(C)(C)c1cnc2c(N)ccnn12.CC(C)(C)c1cnn2c(N)ccnc12.Cc1nc2c(ncn2C(C)(C)C)c(=O)[nH]1. The monoisotopic (exact) mass is 1350 g/mol. The van der Waals surface area contributed by atoms with Crippen molar-refractivity contribution in [2.75, 3.05) is 22.9 Å². The van der Waals surface area contributed by atoms with E-state index in [4.69, 9.17) is 34.4 Å². The first kappa shape index (κ1) is 74.4. The molecule has 10 aromatic heterocycles. The van der Waals surface area contributed by atoms with E-state index in [1.165, 1.54) is 11.4 Å². The fraction of sp³-hybridized carbons (Fsp3) is 0.452. The molecule has 0 aromatic carbocycles. The van der Waals surface area contributed by atoms with E-state index in [1.807, 2.05) is 104 Å². The zero-order valence-electron chi connectivity index (χ0n) is 61.9. The highest BCUT2D eigenvalue weighted by Gasteiger charge is 2.39. The lowest BCUT2D eigenvalue weighted by Crippen LogP contribution is -2.48. The quantitative estimate of drug-likeness (QED) is 0.0741. The normalized spacial score (nSPS) is 17.4. The van der Waals surface area contributed by atoms with Gasteiger partial charge in [0.15, 0.2) is 28.1 Å². The smallest absolute Gasteiger partial charge is 0.279 e. The molecule has 14 rings (SSSR count). The molecule has 14 heterocycles. The zero-order valence-corrected chi connectivity index (χ0v) is 61.9. The number of anilines is 4. The highest BCUT2D eigenvalue weighted by Crippen LogP contribution is 2.35. The number of nitrogens with zero attached hydrogens (tertiary/aromatic N) is 18. The molecule has 4 atom stereocenters. The minimum absolute atomic E-state index is 0.0132. The van der Waals surface area contributed by atoms with Crippen LogP contribution in [0.5, 0.6) is 0 Å². The second-order valence-corrected chi connectivity index (χ2v) is 32.0. The maximum absolute atomic E-state index is 11.6. The summed E-state index contributed by atoms with van der Waals surface area (Å²) in [5, 5.41) is 12.8. The number of aryl methyl sites for hydroxylation is 1. The van der Waals surface area contributed by atoms with Crippen LogP contribution in [0.25, 0.3) is 33.6 Å². The molecule has 0 amide bonds. The number of nitrogens with two attached hydrogens (primary N) is 6. The summed E-state index contributed by atoms with van der Waals surface area (Å²) in [6, 6.07) is 13.2. The molecule has 0 aliphatic carbocycles. The molecule has 0 saturated heterocycles. The lowest BCUT2D eigenvalue weighted by Gasteiger charge is -2.38. The van der Waals surface area contributed by atoms with Crippen LogP contribution in [0.4, 0.5) is 22.9 Å². The Morgan fingerprint density at radius 3 is 1.70 bits per heavy atom. The van der Waals surface area contributed by atoms with Crippen molar-refractivity contribution >= 4 is 75.3 Å². The Labute approximate surface area is 581 Å². The molecule has 26 heteroatoms. The van der Waals surface area contributed by atoms with Crippen LogP contribution >= 0.6 is 0 Å². The average molecular weight is 1350 g/mol. The predicted molar refractivity (Wildman–Crippen MR) is 404 cm³/mol. The van der Waals surface area contributed by atoms with Crippen LogP contribution in [0, 0.1) is 12.8 Å². The number of allylic oxidation sites excluding steroid dienone is 2. The van der Waals surface area contributed by atoms with Gasteiger partial charge in [0.2, 0.25) is 0 Å². The van der Waals surface area contributed by atoms with Crippen molar-refractivity contribution in [1.29, 1.82) is 0 Å². The number of aromatic amines is 1. The fourth-order valence-corrected chi connectivity index (χ4v) is 11.2. The molecule has 99 heavy (non-hydrogen) atoms. The van der Waals surface area contributed by atoms with Gasteiger partial charge in [0.05, 0.1) is 65.4 Å². The van der Waals surface area contributed by atoms with Gasteiger partial charge in [-0.3, -0.25) is 19.8 Å². The summed E-state index contributed by atoms with van der Waals surface area (Å²) in [7, 11) is 0. The van der Waals surface area contributed by atoms with Crippen molar-refractivity contribution in [3.8, 4) is 0 Å². The summed E-state index contributed by atoms with van der Waals surface area (Å²) >= 11 is 0. The van der Waals surface area contributed by atoms with E-state index in [0.717, 1.165) is 56.5 Å². The molecule has 528 valence electrons. The van der Waals surface area contributed by atoms with Gasteiger partial charge in [-0.05, 0) is 135 Å². The number of imidazole rings is 3. The molecule has 4 unspecified atom stereocenters. The third-order valence-corrected chi connectivity index (χ3v) is 16.6. The van der Waals surface area contributed by atoms with Crippen molar-refractivity contribution in [3.05, 3.63) is 167 Å². The third-order valence-electron chi connectivity index (χ3n) is 16.6. The van der Waals surface area contributed by atoms with E-state index in [1.54, 1.807) is 59.2 Å². The van der Waals surface area contributed by atoms with Gasteiger partial charge >= 0.3 is 0 Å². The van der Waals surface area contributed by atoms with Crippen LogP contribution in [0.3, 0.4) is 0 Å². The number of rotatable bonds is 0. The number of nitrogen functional groups attached to an aromatic ring is 4. The van der Waals surface area contributed by atoms with Crippen LogP contribution < -0.4 is 40.0 Å². The van der Waals surface area contributed by atoms with Crippen molar-refractivity contribution in [2.45, 2.75) is 209 Å². The molecule has 26 nitrogen and oxygen atoms in total. The summed E-state index contributed by atoms with van der Waals surface area (Å²) in [4.78, 5) is 53.1. The number of fused-ring (bicyclic) bond motifs is 7. The van der Waals surface area contributed by atoms with Crippen LogP contribution in [0.1, 0.15) is 174 Å². The predicted octanol–water partition coefficient (Wildman–Crippen LogP) is 11.1. The Hall–Kier alpha value is -10.4. The van der Waals surface area contributed by atoms with Gasteiger partial charge in [-0.25, -0.2) is 34.0 Å². The summed E-state index contributed by atoms with van der Waals surface area (Å²) in [6.07, 6.45) is 28.0. The van der Waals surface area contributed by atoms with E-state index in [9.17, 15) is 4.79 Å². The van der Waals surface area contributed by atoms with E-state index in [-0.39, 0.29) is 68.1 Å². The molecule has 4 aliphatic heterocycles. The number of pyridine rings is 1. The number of H-pyrrole nitrogens is 1. The summed E-state index contributed by atoms with van der Waals surface area (Å²) in [5.74, 6) is 1.49. The Kier molecular flexibility index (Phi) is 21.2. The molecular weight excluding hydrogens is 1240 g/mol. The Bertz CT molecular complexity index is 4290. The maximum atomic E-state index is 11.6. The fourth-order valence-electron chi connectivity index (χ4n) is 11.2. The number of hydrogen-bond donors (Lipinski definition) is 7. The minimum atomic E-state index is -0.180. The first-order valence-corrected chi connectivity index (χ1v) is 33.2. The van der Waals surface area contributed by atoms with Gasteiger partial charge in [-0.15, -0.1) is 0 Å². The van der Waals surface area contributed by atoms with Crippen LogP contribution in [-0.2, 0) is 27.2 Å². The molecule has 13 N–H and O–H groups in total. The minimum Gasteiger partial charge on any atom is -0.401 e. The van der Waals surface area contributed by atoms with Crippen molar-refractivity contribution < 1.29 is 0 Å². The van der Waals surface area contributed by atoms with Crippen molar-refractivity contribution in [1.82, 2.24) is 77.5 Å². The first-order valence-electron chi connectivity index (χ1n) is 33.2. The molecule has 0 bridgehead atoms. The number of hydrogen-bond acceptors (Lipinski definition) is 20. The van der Waals surface area contributed by atoms with Gasteiger partial charge in [-0.2, -0.15) is 19.8 Å². The van der Waals surface area contributed by atoms with E-state index in [2.05, 4.69) is 217 Å². The Balaban J connectivity index is 0.000000147. The number of aromatic nitrogens is 14. The summed E-state index contributed by atoms with van der Waals surface area (Å²) < 4.78 is 9.34. The molecule has 0 fully saturated rings. The van der Waals surface area contributed by atoms with Crippen LogP contribution in [-0.4, -0.2) is 126 Å². The van der Waals surface area contributed by atoms with E-state index < -0.39 is 0 Å². The third kappa shape index (κ3) is 16.9. The Morgan fingerprint density at radius 1 is 0.495 bits per heavy atom. The molecule has 10 aromatic rings. The zero-order chi connectivity index (χ0) is 73.3. The van der Waals surface area contributed by atoms with E-state index in [0.29, 0.717) is 28.5 Å². The van der Waals surface area contributed by atoms with Crippen molar-refractivity contribution in [3.63, 3.8) is 0 Å². The molecule has 0 spiro atoms. The average Bonchev–Trinajstić information content (AvgIpc) is 1.73. The second-order valence-electron chi connectivity index (χ2n) is 32.0. The lowest BCUT2D eigenvalue weighted by molar-refractivity contribution is 0.149. The van der Waals surface area contributed by atoms with Gasteiger partial charge in [0, 0.05) is 98.4 Å². The van der Waals surface area contributed by atoms with Crippen molar-refractivity contribution in [2.24, 2.45) is 32.4 Å². The van der Waals surface area contributed by atoms with Gasteiger partial charge in [0.25, 0.3) is 5.56 Å². The molecular formula is C73H105N25O. The number of aliphatic imine (C=N–C) groups is 3. The largest absolute Gasteiger partial charge is 0.401 e. The number of dihydropyridines is 2. The highest BCUT2D eigenvalue weighted by molar-refractivity contribution is 5.76. The standard InChI is InChI=1S/C11H17N3.2C11H15N3.C10H14N4O.C10H14N4.C10H16N4.C10H14N4/c1-11(2,3)14-7-5-8-9(12)4-6-13-10(8)14;1-11(2,3)10-5-4-9-8(12)6-7-13-14(9)10;1-11(2,3)9-7-13-10-8(12)5-4-6-14(9)10;1-6-12-8-7(9(15)13-6)11-5-14(8)10(2,3)4;1-10(2,3)7-6-13-14-8(11)4-5-12-9(7)14;1-10(2,3)14-6-13-8-7(11)4-5-12-9(8)14;1-10(2,3)8-6-12-9-7(11)4-5-13-14(8)9/h4-8,10H,12H2,1-3H3;2*4-7H,12H2,1-3H3;5H,1-4H3,(H,12,13,15);4-6H,11H2,1-3H3;4-6,8-9H,11H2,1-3H3;4-6H,11H2,1-3H3.